The quantitative estimate of drug-likeness (QED) is 0.881. The van der Waals surface area contributed by atoms with Gasteiger partial charge in [-0.25, -0.2) is 4.39 Å². The second-order valence-corrected chi connectivity index (χ2v) is 5.23. The standard InChI is InChI=1S/C13H16FN3OS/c1-19-6-5-11(15)13-16-12(17-18-13)8-9-3-2-4-10(14)7-9/h2-4,7,11H,5-6,8,15H2,1H3/t11-/m0/s1. The van der Waals surface area contributed by atoms with Crippen LogP contribution in [-0.4, -0.2) is 22.1 Å². The van der Waals surface area contributed by atoms with Crippen LogP contribution in [0.1, 0.15) is 29.7 Å². The molecule has 0 bridgehead atoms. The molecular formula is C13H16FN3OS. The molecule has 1 aromatic heterocycles. The fraction of sp³-hybridized carbons (Fsp3) is 0.385. The number of hydrogen-bond acceptors (Lipinski definition) is 5. The molecule has 0 fully saturated rings. The Morgan fingerprint density at radius 3 is 3.05 bits per heavy atom. The first kappa shape index (κ1) is 14.0. The summed E-state index contributed by atoms with van der Waals surface area (Å²) in [4.78, 5) is 4.25. The molecule has 0 aliphatic carbocycles. The van der Waals surface area contributed by atoms with Gasteiger partial charge in [0.05, 0.1) is 6.04 Å². The normalized spacial score (nSPS) is 12.6. The summed E-state index contributed by atoms with van der Waals surface area (Å²) in [5, 5.41) is 3.87. The summed E-state index contributed by atoms with van der Waals surface area (Å²) in [5.41, 5.74) is 6.75. The second-order valence-electron chi connectivity index (χ2n) is 4.24. The zero-order chi connectivity index (χ0) is 13.7. The highest BCUT2D eigenvalue weighted by atomic mass is 32.2. The summed E-state index contributed by atoms with van der Waals surface area (Å²) in [7, 11) is 0. The third-order valence-electron chi connectivity index (χ3n) is 2.69. The Balaban J connectivity index is 2.01. The van der Waals surface area contributed by atoms with Crippen LogP contribution in [0.2, 0.25) is 0 Å². The first-order valence-electron chi connectivity index (χ1n) is 6.00. The van der Waals surface area contributed by atoms with E-state index in [4.69, 9.17) is 10.3 Å². The van der Waals surface area contributed by atoms with E-state index >= 15 is 0 Å². The van der Waals surface area contributed by atoms with Gasteiger partial charge in [-0.15, -0.1) is 0 Å². The molecule has 1 heterocycles. The van der Waals surface area contributed by atoms with Crippen LogP contribution in [0.4, 0.5) is 4.39 Å². The molecule has 6 heteroatoms. The molecule has 0 amide bonds. The summed E-state index contributed by atoms with van der Waals surface area (Å²) < 4.78 is 18.2. The zero-order valence-electron chi connectivity index (χ0n) is 10.7. The van der Waals surface area contributed by atoms with E-state index < -0.39 is 0 Å². The summed E-state index contributed by atoms with van der Waals surface area (Å²) in [6.07, 6.45) is 3.26. The highest BCUT2D eigenvalue weighted by molar-refractivity contribution is 7.98. The van der Waals surface area contributed by atoms with Crippen LogP contribution in [0, 0.1) is 5.82 Å². The molecule has 0 aliphatic heterocycles. The van der Waals surface area contributed by atoms with Gasteiger partial charge in [0, 0.05) is 6.42 Å². The number of halogens is 1. The Hall–Kier alpha value is -1.40. The van der Waals surface area contributed by atoms with Gasteiger partial charge in [-0.2, -0.15) is 16.7 Å². The molecule has 0 saturated carbocycles. The molecule has 1 aromatic carbocycles. The van der Waals surface area contributed by atoms with Crippen LogP contribution in [0.5, 0.6) is 0 Å². The van der Waals surface area contributed by atoms with E-state index in [1.165, 1.54) is 12.1 Å². The number of nitrogens with two attached hydrogens (primary N) is 1. The monoisotopic (exact) mass is 281 g/mol. The largest absolute Gasteiger partial charge is 0.338 e. The summed E-state index contributed by atoms with van der Waals surface area (Å²) in [6.45, 7) is 0. The molecule has 0 spiro atoms. The highest BCUT2D eigenvalue weighted by Gasteiger charge is 2.14. The van der Waals surface area contributed by atoms with E-state index in [2.05, 4.69) is 10.1 Å². The topological polar surface area (TPSA) is 64.9 Å². The van der Waals surface area contributed by atoms with Gasteiger partial charge in [-0.1, -0.05) is 17.3 Å². The SMILES string of the molecule is CSCC[C@H](N)c1nc(Cc2cccc(F)c2)no1. The lowest BCUT2D eigenvalue weighted by atomic mass is 10.1. The first-order valence-corrected chi connectivity index (χ1v) is 7.40. The summed E-state index contributed by atoms with van der Waals surface area (Å²) >= 11 is 1.72. The average Bonchev–Trinajstić information content (AvgIpc) is 2.84. The van der Waals surface area contributed by atoms with Gasteiger partial charge in [-0.05, 0) is 36.1 Å². The van der Waals surface area contributed by atoms with Crippen molar-refractivity contribution in [1.82, 2.24) is 10.1 Å². The van der Waals surface area contributed by atoms with Crippen molar-refractivity contribution < 1.29 is 8.91 Å². The number of nitrogens with zero attached hydrogens (tertiary/aromatic N) is 2. The molecule has 2 rings (SSSR count). The van der Waals surface area contributed by atoms with E-state index in [1.54, 1.807) is 17.8 Å². The smallest absolute Gasteiger partial charge is 0.243 e. The van der Waals surface area contributed by atoms with Crippen molar-refractivity contribution in [2.45, 2.75) is 18.9 Å². The number of thioether (sulfide) groups is 1. The molecule has 0 saturated heterocycles. The van der Waals surface area contributed by atoms with Gasteiger partial charge in [-0.3, -0.25) is 0 Å². The van der Waals surface area contributed by atoms with E-state index in [9.17, 15) is 4.39 Å². The molecule has 2 aromatic rings. The van der Waals surface area contributed by atoms with Gasteiger partial charge in [0.15, 0.2) is 5.82 Å². The molecule has 0 unspecified atom stereocenters. The van der Waals surface area contributed by atoms with E-state index in [0.29, 0.717) is 18.1 Å². The van der Waals surface area contributed by atoms with E-state index in [-0.39, 0.29) is 11.9 Å². The van der Waals surface area contributed by atoms with Crippen LogP contribution in [0.25, 0.3) is 0 Å². The Kier molecular flexibility index (Phi) is 4.93. The van der Waals surface area contributed by atoms with Gasteiger partial charge in [0.2, 0.25) is 5.89 Å². The van der Waals surface area contributed by atoms with Crippen molar-refractivity contribution in [2.24, 2.45) is 5.73 Å². The van der Waals surface area contributed by atoms with Crippen LogP contribution < -0.4 is 5.73 Å². The van der Waals surface area contributed by atoms with Gasteiger partial charge >= 0.3 is 0 Å². The number of aromatic nitrogens is 2. The van der Waals surface area contributed by atoms with E-state index in [0.717, 1.165) is 17.7 Å². The maximum atomic E-state index is 13.1. The summed E-state index contributed by atoms with van der Waals surface area (Å²) in [6, 6.07) is 6.12. The fourth-order valence-corrected chi connectivity index (χ4v) is 2.18. The molecule has 0 radical (unpaired) electrons. The van der Waals surface area contributed by atoms with Gasteiger partial charge < -0.3 is 10.3 Å². The van der Waals surface area contributed by atoms with Gasteiger partial charge in [0.25, 0.3) is 0 Å². The van der Waals surface area contributed by atoms with Gasteiger partial charge in [0.1, 0.15) is 5.82 Å². The van der Waals surface area contributed by atoms with Crippen molar-refractivity contribution in [2.75, 3.05) is 12.0 Å². The number of hydrogen-bond donors (Lipinski definition) is 1. The molecule has 0 aliphatic rings. The highest BCUT2D eigenvalue weighted by Crippen LogP contribution is 2.15. The van der Waals surface area contributed by atoms with Crippen molar-refractivity contribution in [3.63, 3.8) is 0 Å². The molecule has 19 heavy (non-hydrogen) atoms. The number of rotatable bonds is 6. The van der Waals surface area contributed by atoms with Crippen LogP contribution in [0.15, 0.2) is 28.8 Å². The van der Waals surface area contributed by atoms with Crippen molar-refractivity contribution in [3.8, 4) is 0 Å². The molecule has 4 nitrogen and oxygen atoms in total. The third-order valence-corrected chi connectivity index (χ3v) is 3.33. The second kappa shape index (κ2) is 6.68. The fourth-order valence-electron chi connectivity index (χ4n) is 1.69. The minimum absolute atomic E-state index is 0.235. The lowest BCUT2D eigenvalue weighted by Gasteiger charge is -2.03. The van der Waals surface area contributed by atoms with Crippen molar-refractivity contribution in [1.29, 1.82) is 0 Å². The molecule has 1 atom stereocenters. The van der Waals surface area contributed by atoms with Crippen molar-refractivity contribution in [3.05, 3.63) is 47.4 Å². The lowest BCUT2D eigenvalue weighted by Crippen LogP contribution is -2.11. The summed E-state index contributed by atoms with van der Waals surface area (Å²) in [5.74, 6) is 1.65. The Bertz CT molecular complexity index is 532. The zero-order valence-corrected chi connectivity index (χ0v) is 11.5. The first-order chi connectivity index (χ1) is 9.19. The third kappa shape index (κ3) is 4.04. The van der Waals surface area contributed by atoms with Crippen LogP contribution in [-0.2, 0) is 6.42 Å². The maximum Gasteiger partial charge on any atom is 0.243 e. The Labute approximate surface area is 115 Å². The minimum atomic E-state index is -0.266. The molecule has 102 valence electrons. The molecule has 2 N–H and O–H groups in total. The Morgan fingerprint density at radius 2 is 2.32 bits per heavy atom. The van der Waals surface area contributed by atoms with Crippen molar-refractivity contribution >= 4 is 11.8 Å². The Morgan fingerprint density at radius 1 is 1.47 bits per heavy atom. The maximum absolute atomic E-state index is 13.1. The average molecular weight is 281 g/mol. The predicted molar refractivity (Wildman–Crippen MR) is 73.4 cm³/mol. The number of benzene rings is 1. The van der Waals surface area contributed by atoms with E-state index in [1.807, 2.05) is 12.3 Å². The lowest BCUT2D eigenvalue weighted by molar-refractivity contribution is 0.349. The van der Waals surface area contributed by atoms with Crippen LogP contribution >= 0.6 is 11.8 Å². The molecular weight excluding hydrogens is 265 g/mol. The van der Waals surface area contributed by atoms with Crippen LogP contribution in [0.3, 0.4) is 0 Å². The minimum Gasteiger partial charge on any atom is -0.338 e. The predicted octanol–water partition coefficient (Wildman–Crippen LogP) is 2.55.